The Labute approximate surface area is 132 Å². The maximum absolute atomic E-state index is 10.0. The second-order valence-electron chi connectivity index (χ2n) is 8.97. The summed E-state index contributed by atoms with van der Waals surface area (Å²) in [5.74, 6) is 0.0957. The van der Waals surface area contributed by atoms with Gasteiger partial charge in [-0.2, -0.15) is 0 Å². The van der Waals surface area contributed by atoms with E-state index < -0.39 is 5.60 Å². The minimum absolute atomic E-state index is 0.00241. The summed E-state index contributed by atoms with van der Waals surface area (Å²) < 4.78 is 12.0. The molecule has 0 amide bonds. The fourth-order valence-corrected chi connectivity index (χ4v) is 1.65. The fourth-order valence-electron chi connectivity index (χ4n) is 1.65. The highest BCUT2D eigenvalue weighted by molar-refractivity contribution is 4.88. The van der Waals surface area contributed by atoms with Gasteiger partial charge in [0.15, 0.2) is 0 Å². The predicted octanol–water partition coefficient (Wildman–Crippen LogP) is 4.42. The molecule has 21 heavy (non-hydrogen) atoms. The maximum Gasteiger partial charge on any atom is 0.0678 e. The lowest BCUT2D eigenvalue weighted by atomic mass is 9.74. The minimum atomic E-state index is -0.713. The van der Waals surface area contributed by atoms with Gasteiger partial charge in [0.2, 0.25) is 0 Å². The first-order valence-electron chi connectivity index (χ1n) is 8.09. The molecule has 0 aromatic heterocycles. The van der Waals surface area contributed by atoms with Gasteiger partial charge in [-0.25, -0.2) is 0 Å². The number of hydrogen-bond donors (Lipinski definition) is 1. The molecule has 0 bridgehead atoms. The zero-order valence-corrected chi connectivity index (χ0v) is 16.0. The molecule has 0 aromatic rings. The van der Waals surface area contributed by atoms with E-state index in [4.69, 9.17) is 9.47 Å². The zero-order valence-electron chi connectivity index (χ0n) is 16.0. The molecule has 0 fully saturated rings. The Morgan fingerprint density at radius 2 is 1.33 bits per heavy atom. The van der Waals surface area contributed by atoms with Crippen molar-refractivity contribution in [2.75, 3.05) is 13.2 Å². The van der Waals surface area contributed by atoms with Crippen molar-refractivity contribution >= 4 is 0 Å². The van der Waals surface area contributed by atoms with E-state index in [-0.39, 0.29) is 22.5 Å². The lowest BCUT2D eigenvalue weighted by Crippen LogP contribution is -2.45. The van der Waals surface area contributed by atoms with Crippen molar-refractivity contribution in [3.63, 3.8) is 0 Å². The Morgan fingerprint density at radius 3 is 1.71 bits per heavy atom. The molecule has 1 N–H and O–H groups in total. The lowest BCUT2D eigenvalue weighted by Gasteiger charge is -2.43. The number of ether oxygens (including phenoxy) is 2. The van der Waals surface area contributed by atoms with E-state index in [1.54, 1.807) is 0 Å². The van der Waals surface area contributed by atoms with Crippen LogP contribution in [0.15, 0.2) is 0 Å². The van der Waals surface area contributed by atoms with Crippen LogP contribution in [0.5, 0.6) is 0 Å². The summed E-state index contributed by atoms with van der Waals surface area (Å²) >= 11 is 0. The summed E-state index contributed by atoms with van der Waals surface area (Å²) in [7, 11) is 0. The molecule has 0 aliphatic heterocycles. The van der Waals surface area contributed by atoms with Crippen LogP contribution in [0.25, 0.3) is 0 Å². The monoisotopic (exact) mass is 302 g/mol. The van der Waals surface area contributed by atoms with Gasteiger partial charge in [-0.3, -0.25) is 0 Å². The molecule has 3 heteroatoms. The van der Waals surface area contributed by atoms with Crippen LogP contribution in [0.2, 0.25) is 0 Å². The quantitative estimate of drug-likeness (QED) is 0.721. The summed E-state index contributed by atoms with van der Waals surface area (Å²) in [6, 6.07) is 0. The number of hydrogen-bond acceptors (Lipinski definition) is 3. The van der Waals surface area contributed by atoms with Gasteiger partial charge in [0, 0.05) is 12.5 Å². The van der Waals surface area contributed by atoms with Gasteiger partial charge >= 0.3 is 0 Å². The molecule has 128 valence electrons. The lowest BCUT2D eigenvalue weighted by molar-refractivity contribution is -0.138. The van der Waals surface area contributed by atoms with Crippen LogP contribution in [-0.2, 0) is 9.47 Å². The Kier molecular flexibility index (Phi) is 6.93. The molecule has 0 heterocycles. The molecule has 1 atom stereocenters. The fraction of sp³-hybridized carbons (Fsp3) is 1.00. The highest BCUT2D eigenvalue weighted by atomic mass is 16.5. The molecule has 0 aliphatic rings. The van der Waals surface area contributed by atoms with Crippen LogP contribution in [0.3, 0.4) is 0 Å². The van der Waals surface area contributed by atoms with Crippen molar-refractivity contribution in [3.05, 3.63) is 0 Å². The first kappa shape index (κ1) is 20.9. The van der Waals surface area contributed by atoms with Crippen LogP contribution in [0.4, 0.5) is 0 Å². The Balaban J connectivity index is 4.51. The van der Waals surface area contributed by atoms with Gasteiger partial charge in [0.1, 0.15) is 0 Å². The van der Waals surface area contributed by atoms with Gasteiger partial charge in [0.25, 0.3) is 0 Å². The van der Waals surface area contributed by atoms with E-state index in [9.17, 15) is 5.11 Å². The molecule has 0 spiro atoms. The smallest absolute Gasteiger partial charge is 0.0678 e. The summed E-state index contributed by atoms with van der Waals surface area (Å²) in [4.78, 5) is 0. The maximum atomic E-state index is 10.0. The Morgan fingerprint density at radius 1 is 0.857 bits per heavy atom. The van der Waals surface area contributed by atoms with Gasteiger partial charge in [-0.15, -0.1) is 0 Å². The molecule has 1 unspecified atom stereocenters. The van der Waals surface area contributed by atoms with Crippen molar-refractivity contribution in [3.8, 4) is 0 Å². The molecule has 0 radical (unpaired) electrons. The summed E-state index contributed by atoms with van der Waals surface area (Å²) in [6.45, 7) is 21.9. The van der Waals surface area contributed by atoms with E-state index in [0.29, 0.717) is 6.61 Å². The molecule has 3 nitrogen and oxygen atoms in total. The average molecular weight is 302 g/mol. The third-order valence-electron chi connectivity index (χ3n) is 4.79. The van der Waals surface area contributed by atoms with Crippen LogP contribution in [0, 0.1) is 11.3 Å². The zero-order chi connectivity index (χ0) is 17.1. The van der Waals surface area contributed by atoms with Crippen molar-refractivity contribution in [2.24, 2.45) is 11.3 Å². The Bertz CT molecular complexity index is 305. The number of aliphatic hydroxyl groups is 1. The van der Waals surface area contributed by atoms with E-state index in [2.05, 4.69) is 48.5 Å². The van der Waals surface area contributed by atoms with Crippen molar-refractivity contribution < 1.29 is 14.6 Å². The molecule has 0 aromatic carbocycles. The van der Waals surface area contributed by atoms with Gasteiger partial charge in [0.05, 0.1) is 23.4 Å². The molecule has 0 saturated carbocycles. The van der Waals surface area contributed by atoms with Crippen LogP contribution in [-0.4, -0.2) is 35.1 Å². The number of rotatable bonds is 8. The van der Waals surface area contributed by atoms with Crippen molar-refractivity contribution in [1.82, 2.24) is 0 Å². The standard InChI is InChI=1S/C18H38O3/c1-14(17(7,8)19)13-21-18(9,10)16(5,6)11-12-20-15(2,3)4/h14,19H,11-13H2,1-10H3. The molecule has 0 aliphatic carbocycles. The third kappa shape index (κ3) is 7.62. The minimum Gasteiger partial charge on any atom is -0.390 e. The molecular weight excluding hydrogens is 264 g/mol. The average Bonchev–Trinajstić information content (AvgIpc) is 2.22. The normalized spacial score (nSPS) is 16.1. The highest BCUT2D eigenvalue weighted by Gasteiger charge is 2.39. The van der Waals surface area contributed by atoms with Crippen LogP contribution in [0.1, 0.15) is 75.7 Å². The first-order chi connectivity index (χ1) is 9.08. The molecule has 0 saturated heterocycles. The summed E-state index contributed by atoms with van der Waals surface area (Å²) in [5, 5.41) is 10.0. The largest absolute Gasteiger partial charge is 0.390 e. The van der Waals surface area contributed by atoms with Crippen LogP contribution < -0.4 is 0 Å². The molecule has 0 rings (SSSR count). The highest BCUT2D eigenvalue weighted by Crippen LogP contribution is 2.38. The third-order valence-corrected chi connectivity index (χ3v) is 4.79. The first-order valence-corrected chi connectivity index (χ1v) is 8.09. The van der Waals surface area contributed by atoms with E-state index in [1.165, 1.54) is 0 Å². The van der Waals surface area contributed by atoms with Gasteiger partial charge in [-0.05, 0) is 60.3 Å². The van der Waals surface area contributed by atoms with Crippen molar-refractivity contribution in [2.45, 2.75) is 92.5 Å². The van der Waals surface area contributed by atoms with E-state index in [0.717, 1.165) is 13.0 Å². The summed E-state index contributed by atoms with van der Waals surface area (Å²) in [5.41, 5.74) is -1.09. The molecular formula is C18H38O3. The van der Waals surface area contributed by atoms with E-state index in [1.807, 2.05) is 20.8 Å². The second-order valence-corrected chi connectivity index (χ2v) is 8.97. The summed E-state index contributed by atoms with van der Waals surface area (Å²) in [6.07, 6.45) is 0.939. The second kappa shape index (κ2) is 6.97. The van der Waals surface area contributed by atoms with E-state index >= 15 is 0 Å². The topological polar surface area (TPSA) is 38.7 Å². The Hall–Kier alpha value is -0.120. The van der Waals surface area contributed by atoms with Crippen molar-refractivity contribution in [1.29, 1.82) is 0 Å². The van der Waals surface area contributed by atoms with Crippen LogP contribution >= 0.6 is 0 Å². The predicted molar refractivity (Wildman–Crippen MR) is 89.6 cm³/mol. The van der Waals surface area contributed by atoms with Gasteiger partial charge in [-0.1, -0.05) is 20.8 Å². The van der Waals surface area contributed by atoms with Gasteiger partial charge < -0.3 is 14.6 Å². The SMILES string of the molecule is CC(COC(C)(C)C(C)(C)CCOC(C)(C)C)C(C)(C)O.